The predicted molar refractivity (Wildman–Crippen MR) is 407 cm³/mol. The Labute approximate surface area is 678 Å². The van der Waals surface area contributed by atoms with Crippen molar-refractivity contribution in [3.63, 3.8) is 0 Å². The summed E-state index contributed by atoms with van der Waals surface area (Å²) in [5.41, 5.74) is 0. The normalized spacial score (nSPS) is 33.3. The molecule has 0 aromatic rings. The standard InChI is InChI=1S/C78H138N4O34/c1-6-8-10-12-14-16-18-20-21-23-25-27-29-31-33-35-56(95)82-47(48(91)34-32-30-28-26-24-22-19-17-15-13-11-9-7-2)43-107-73-65(101)64(100)67(54(41-86)109-73)111-74-66(102)71(68(55(42-87)110-74)112-72-59(81-46(5)90)63(99)61(97)52(39-84)108-72)116-78(76(105)106)37-50(93)58(80-45(4)89)70(115-78)62(98)53(40-85)113-77(75(103)104)36-49(92)57(79-44(3)88)69(114-77)60(96)51(94)38-83/h32,34,47-55,57-74,83-87,91-94,96-102H,6-31,33,35-43H2,1-5H3,(H,79,88)(H,80,89)(H,81,90)(H,82,95)(H,103,104)(H,105,106)/b34-32+/t47-,48+,49-,50-,51+,52+,53+,54+,55+,57+,58+,59+,60+,61-,62+,63+,64+,65+,66+,67+,68-,69+,70+,71+,72-,73+,74-,77+,78-/m0/s1. The van der Waals surface area contributed by atoms with E-state index in [4.69, 9.17) is 47.4 Å². The van der Waals surface area contributed by atoms with Crippen LogP contribution in [-0.2, 0) is 76.1 Å². The molecule has 0 unspecified atom stereocenters. The molecule has 5 aliphatic heterocycles. The molecule has 0 bridgehead atoms. The molecule has 4 amide bonds. The zero-order chi connectivity index (χ0) is 85.8. The van der Waals surface area contributed by atoms with Crippen molar-refractivity contribution in [3.05, 3.63) is 12.2 Å². The van der Waals surface area contributed by atoms with Crippen LogP contribution in [0.3, 0.4) is 0 Å². The number of nitrogens with one attached hydrogen (secondary N) is 4. The number of aliphatic hydroxyl groups is 16. The molecule has 5 aliphatic rings. The molecule has 5 heterocycles. The summed E-state index contributed by atoms with van der Waals surface area (Å²) in [4.78, 5) is 79.1. The first-order chi connectivity index (χ1) is 55.3. The predicted octanol–water partition coefficient (Wildman–Crippen LogP) is -1.69. The maximum atomic E-state index is 14.2. The minimum absolute atomic E-state index is 0.113. The minimum Gasteiger partial charge on any atom is -0.477 e. The molecule has 5 rings (SSSR count). The highest BCUT2D eigenvalue weighted by atomic mass is 16.8. The Morgan fingerprint density at radius 1 is 0.466 bits per heavy atom. The Morgan fingerprint density at radius 3 is 1.37 bits per heavy atom. The molecule has 0 saturated carbocycles. The quantitative estimate of drug-likeness (QED) is 0.0239. The summed E-state index contributed by atoms with van der Waals surface area (Å²) in [6.07, 6.45) is -19.4. The van der Waals surface area contributed by atoms with Gasteiger partial charge >= 0.3 is 11.9 Å². The van der Waals surface area contributed by atoms with Crippen LogP contribution in [-0.4, -0.2) is 344 Å². The smallest absolute Gasteiger partial charge is 0.364 e. The van der Waals surface area contributed by atoms with Gasteiger partial charge in [0.15, 0.2) is 18.9 Å². The van der Waals surface area contributed by atoms with Crippen LogP contribution in [0.25, 0.3) is 0 Å². The fraction of sp³-hybridized carbons (Fsp3) is 0.897. The third kappa shape index (κ3) is 30.8. The van der Waals surface area contributed by atoms with Gasteiger partial charge in [-0.05, 0) is 19.3 Å². The molecule has 0 aromatic heterocycles. The van der Waals surface area contributed by atoms with Crippen LogP contribution in [0.2, 0.25) is 0 Å². The molecule has 0 aliphatic carbocycles. The van der Waals surface area contributed by atoms with Crippen LogP contribution in [0.4, 0.5) is 0 Å². The van der Waals surface area contributed by atoms with E-state index in [-0.39, 0.29) is 6.42 Å². The molecule has 674 valence electrons. The lowest BCUT2D eigenvalue weighted by atomic mass is 9.87. The van der Waals surface area contributed by atoms with Gasteiger partial charge in [0.05, 0.1) is 76.1 Å². The van der Waals surface area contributed by atoms with Crippen LogP contribution in [0.1, 0.15) is 227 Å². The van der Waals surface area contributed by atoms with E-state index in [1.165, 1.54) is 102 Å². The SMILES string of the molecule is CCCCCCCCCCCCC/C=C/[C@@H](O)[C@H](CO[C@@H]1O[C@H](CO)[C@@H](O[C@@H]2O[C@H](CO)[C@H](O[C@@H]3O[C@H](CO)[C@H](O)[C@H](O)[C@H]3NC(C)=O)[C@H](O[C@]3(C(=O)O)C[C@H](O)[C@@H](NC(C)=O)[C@H]([C@H](O)[C@@H](CO)O[C@]4(C(=O)O)C[C@H](O)[C@@H](NC(C)=O)[C@H]([C@H](O)[C@H](O)CO)O4)O3)[C@H]2O)[C@H](O)[C@H]1O)NC(=O)CCCCCCCCCCCCCCCCC. The fourth-order valence-electron chi connectivity index (χ4n) is 15.4. The zero-order valence-corrected chi connectivity index (χ0v) is 67.8. The molecule has 22 N–H and O–H groups in total. The molecule has 38 nitrogen and oxygen atoms in total. The number of hydrogen-bond acceptors (Lipinski definition) is 32. The van der Waals surface area contributed by atoms with Gasteiger partial charge in [-0.2, -0.15) is 0 Å². The molecule has 0 spiro atoms. The van der Waals surface area contributed by atoms with Crippen molar-refractivity contribution in [1.29, 1.82) is 0 Å². The summed E-state index contributed by atoms with van der Waals surface area (Å²) in [7, 11) is 0. The molecule has 29 atom stereocenters. The lowest BCUT2D eigenvalue weighted by Crippen LogP contribution is -2.72. The maximum absolute atomic E-state index is 14.2. The van der Waals surface area contributed by atoms with Crippen molar-refractivity contribution in [2.45, 2.75) is 404 Å². The second-order valence-corrected chi connectivity index (χ2v) is 31.4. The Kier molecular flexibility index (Phi) is 46.4. The van der Waals surface area contributed by atoms with Crippen LogP contribution in [0.15, 0.2) is 12.2 Å². The average Bonchev–Trinajstić information content (AvgIpc) is 0.745. The van der Waals surface area contributed by atoms with Gasteiger partial charge in [0.25, 0.3) is 11.6 Å². The number of aliphatic carboxylic acids is 2. The van der Waals surface area contributed by atoms with Crippen molar-refractivity contribution >= 4 is 35.6 Å². The fourth-order valence-corrected chi connectivity index (χ4v) is 15.4. The number of aliphatic hydroxyl groups excluding tert-OH is 16. The largest absolute Gasteiger partial charge is 0.477 e. The highest BCUT2D eigenvalue weighted by Crippen LogP contribution is 2.42. The van der Waals surface area contributed by atoms with Crippen molar-refractivity contribution < 1.29 is 168 Å². The minimum atomic E-state index is -3.59. The Balaban J connectivity index is 1.44. The number of hydrogen-bond donors (Lipinski definition) is 22. The second-order valence-electron chi connectivity index (χ2n) is 31.4. The van der Waals surface area contributed by atoms with E-state index in [1.807, 2.05) is 0 Å². The highest BCUT2D eigenvalue weighted by molar-refractivity contribution is 5.78. The number of carboxylic acid groups (broad SMARTS) is 2. The van der Waals surface area contributed by atoms with Crippen molar-refractivity contribution in [2.75, 3.05) is 39.6 Å². The molecule has 5 saturated heterocycles. The van der Waals surface area contributed by atoms with Gasteiger partial charge in [0, 0.05) is 40.0 Å². The van der Waals surface area contributed by atoms with E-state index < -0.39 is 265 Å². The molecule has 5 fully saturated rings. The third-order valence-electron chi connectivity index (χ3n) is 22.0. The summed E-state index contributed by atoms with van der Waals surface area (Å²) >= 11 is 0. The van der Waals surface area contributed by atoms with Crippen molar-refractivity contribution in [3.8, 4) is 0 Å². The lowest BCUT2D eigenvalue weighted by molar-refractivity contribution is -0.402. The third-order valence-corrected chi connectivity index (χ3v) is 22.0. The maximum Gasteiger partial charge on any atom is 0.364 e. The number of carboxylic acids is 2. The van der Waals surface area contributed by atoms with E-state index in [2.05, 4.69) is 35.1 Å². The molecular formula is C78H138N4O34. The average molecular weight is 1680 g/mol. The molecule has 0 aromatic carbocycles. The first kappa shape index (κ1) is 102. The molecular weight excluding hydrogens is 1540 g/mol. The van der Waals surface area contributed by atoms with Crippen molar-refractivity contribution in [1.82, 2.24) is 21.3 Å². The number of carbonyl (C=O) groups is 6. The summed E-state index contributed by atoms with van der Waals surface area (Å²) in [5, 5.41) is 213. The summed E-state index contributed by atoms with van der Waals surface area (Å²) < 4.78 is 59.9. The van der Waals surface area contributed by atoms with Gasteiger partial charge in [-0.3, -0.25) is 19.2 Å². The second kappa shape index (κ2) is 52.8. The van der Waals surface area contributed by atoms with E-state index in [0.29, 0.717) is 12.8 Å². The van der Waals surface area contributed by atoms with Crippen LogP contribution in [0.5, 0.6) is 0 Å². The van der Waals surface area contributed by atoms with Crippen LogP contribution in [0, 0.1) is 0 Å². The first-order valence-corrected chi connectivity index (χ1v) is 41.7. The van der Waals surface area contributed by atoms with Crippen LogP contribution >= 0.6 is 0 Å². The van der Waals surface area contributed by atoms with E-state index in [0.717, 1.165) is 85.0 Å². The van der Waals surface area contributed by atoms with E-state index in [1.54, 1.807) is 6.08 Å². The van der Waals surface area contributed by atoms with Crippen molar-refractivity contribution in [2.24, 2.45) is 0 Å². The Bertz CT molecular complexity index is 2860. The van der Waals surface area contributed by atoms with Gasteiger partial charge in [-0.25, -0.2) is 9.59 Å². The topological polar surface area (TPSA) is 607 Å². The Hall–Kier alpha value is -4.48. The molecule has 0 radical (unpaired) electrons. The molecule has 116 heavy (non-hydrogen) atoms. The number of ether oxygens (including phenoxy) is 10. The summed E-state index contributed by atoms with van der Waals surface area (Å²) in [6, 6.07) is -6.82. The highest BCUT2D eigenvalue weighted by Gasteiger charge is 2.64. The summed E-state index contributed by atoms with van der Waals surface area (Å²) in [5.74, 6) is -14.6. The molecule has 38 heteroatoms. The van der Waals surface area contributed by atoms with Crippen LogP contribution < -0.4 is 21.3 Å². The Morgan fingerprint density at radius 2 is 0.897 bits per heavy atom. The zero-order valence-electron chi connectivity index (χ0n) is 67.8. The van der Waals surface area contributed by atoms with Gasteiger partial charge in [-0.1, -0.05) is 180 Å². The number of rotatable bonds is 56. The number of unbranched alkanes of at least 4 members (excludes halogenated alkanes) is 25. The van der Waals surface area contributed by atoms with E-state index in [9.17, 15) is 121 Å². The number of carbonyl (C=O) groups excluding carboxylic acids is 4. The number of allylic oxidation sites excluding steroid dienone is 1. The van der Waals surface area contributed by atoms with Gasteiger partial charge in [-0.15, -0.1) is 0 Å². The monoisotopic (exact) mass is 1670 g/mol. The lowest BCUT2D eigenvalue weighted by Gasteiger charge is -2.52. The summed E-state index contributed by atoms with van der Waals surface area (Å²) in [6.45, 7) is 0.518. The van der Waals surface area contributed by atoms with Gasteiger partial charge in [0.2, 0.25) is 23.6 Å². The van der Waals surface area contributed by atoms with Gasteiger partial charge < -0.3 is 161 Å². The van der Waals surface area contributed by atoms with Gasteiger partial charge in [0.1, 0.15) is 110 Å². The first-order valence-electron chi connectivity index (χ1n) is 41.7. The number of amides is 4. The van der Waals surface area contributed by atoms with E-state index >= 15 is 0 Å².